The van der Waals surface area contributed by atoms with E-state index < -0.39 is 0 Å². The zero-order chi connectivity index (χ0) is 8.43. The molecule has 58 valence electrons. The fraction of sp³-hybridized carbons (Fsp3) is 0.222. The molecule has 0 aliphatic carbocycles. The van der Waals surface area contributed by atoms with E-state index >= 15 is 0 Å². The highest BCUT2D eigenvalue weighted by Crippen LogP contribution is 2.16. The van der Waals surface area contributed by atoms with Crippen LogP contribution in [0.2, 0.25) is 0 Å². The van der Waals surface area contributed by atoms with Crippen molar-refractivity contribution >= 4 is 28.4 Å². The number of aryl methyl sites for hydroxylation is 1. The Morgan fingerprint density at radius 3 is 2.55 bits per heavy atom. The first kappa shape index (κ1) is 8.71. The average Bonchev–Trinajstić information content (AvgIpc) is 1.94. The maximum atomic E-state index is 11.0. The van der Waals surface area contributed by atoms with Crippen molar-refractivity contribution in [3.05, 3.63) is 32.9 Å². The second kappa shape index (κ2) is 3.34. The average molecular weight is 260 g/mol. The summed E-state index contributed by atoms with van der Waals surface area (Å²) in [5, 5.41) is 0. The van der Waals surface area contributed by atoms with E-state index in [1.165, 1.54) is 5.56 Å². The number of carbonyl (C=O) groups is 1. The first-order chi connectivity index (χ1) is 5.13. The summed E-state index contributed by atoms with van der Waals surface area (Å²) in [6.45, 7) is 3.60. The molecule has 0 fully saturated rings. The highest BCUT2D eigenvalue weighted by Gasteiger charge is 2.04. The molecular formula is C9H9IO. The Morgan fingerprint density at radius 1 is 1.45 bits per heavy atom. The summed E-state index contributed by atoms with van der Waals surface area (Å²) >= 11 is 2.20. The minimum atomic E-state index is 0.137. The topological polar surface area (TPSA) is 17.1 Å². The van der Waals surface area contributed by atoms with Crippen molar-refractivity contribution in [2.75, 3.05) is 0 Å². The summed E-state index contributed by atoms with van der Waals surface area (Å²) in [6.07, 6.45) is 0. The lowest BCUT2D eigenvalue weighted by Gasteiger charge is -2.01. The highest BCUT2D eigenvalue weighted by atomic mass is 127. The van der Waals surface area contributed by atoms with E-state index in [0.717, 1.165) is 9.13 Å². The van der Waals surface area contributed by atoms with Crippen molar-refractivity contribution in [1.82, 2.24) is 0 Å². The van der Waals surface area contributed by atoms with Crippen LogP contribution >= 0.6 is 22.6 Å². The lowest BCUT2D eigenvalue weighted by molar-refractivity contribution is 0.101. The first-order valence-corrected chi connectivity index (χ1v) is 4.47. The van der Waals surface area contributed by atoms with Crippen LogP contribution in [0, 0.1) is 10.5 Å². The zero-order valence-corrected chi connectivity index (χ0v) is 8.68. The molecule has 11 heavy (non-hydrogen) atoms. The third-order valence-electron chi connectivity index (χ3n) is 1.57. The van der Waals surface area contributed by atoms with Crippen LogP contribution in [0.1, 0.15) is 22.8 Å². The largest absolute Gasteiger partial charge is 0.294 e. The van der Waals surface area contributed by atoms with E-state index in [9.17, 15) is 4.79 Å². The second-order valence-corrected chi connectivity index (χ2v) is 3.57. The summed E-state index contributed by atoms with van der Waals surface area (Å²) in [5.41, 5.74) is 1.99. The van der Waals surface area contributed by atoms with E-state index in [1.807, 2.05) is 25.1 Å². The number of ketones is 1. The molecule has 2 heteroatoms. The first-order valence-electron chi connectivity index (χ1n) is 3.39. The van der Waals surface area contributed by atoms with E-state index in [0.29, 0.717) is 0 Å². The van der Waals surface area contributed by atoms with Gasteiger partial charge < -0.3 is 0 Å². The Hall–Kier alpha value is -0.380. The molecule has 0 atom stereocenters. The van der Waals surface area contributed by atoms with Crippen molar-refractivity contribution in [2.45, 2.75) is 13.8 Å². The smallest absolute Gasteiger partial charge is 0.160 e. The summed E-state index contributed by atoms with van der Waals surface area (Å²) in [4.78, 5) is 11.0. The van der Waals surface area contributed by atoms with Crippen LogP contribution in [-0.2, 0) is 0 Å². The Bertz CT molecular complexity index is 292. The van der Waals surface area contributed by atoms with E-state index in [2.05, 4.69) is 22.6 Å². The minimum Gasteiger partial charge on any atom is -0.294 e. The van der Waals surface area contributed by atoms with Crippen molar-refractivity contribution in [2.24, 2.45) is 0 Å². The molecular weight excluding hydrogens is 251 g/mol. The number of rotatable bonds is 1. The van der Waals surface area contributed by atoms with Gasteiger partial charge in [0.05, 0.1) is 0 Å². The quantitative estimate of drug-likeness (QED) is 0.560. The SMILES string of the molecule is CC(=O)c1cccc(C)c1I. The molecule has 0 N–H and O–H groups in total. The number of halogens is 1. The summed E-state index contributed by atoms with van der Waals surface area (Å²) < 4.78 is 1.07. The van der Waals surface area contributed by atoms with Crippen LogP contribution in [0.25, 0.3) is 0 Å². The molecule has 1 aromatic rings. The van der Waals surface area contributed by atoms with Gasteiger partial charge in [0.2, 0.25) is 0 Å². The van der Waals surface area contributed by atoms with Gasteiger partial charge in [-0.2, -0.15) is 0 Å². The molecule has 0 aromatic heterocycles. The molecule has 0 aliphatic rings. The highest BCUT2D eigenvalue weighted by molar-refractivity contribution is 14.1. The fourth-order valence-electron chi connectivity index (χ4n) is 0.919. The van der Waals surface area contributed by atoms with Gasteiger partial charge in [-0.3, -0.25) is 4.79 Å². The fourth-order valence-corrected chi connectivity index (χ4v) is 1.66. The summed E-state index contributed by atoms with van der Waals surface area (Å²) in [5.74, 6) is 0.137. The van der Waals surface area contributed by atoms with Crippen LogP contribution in [0.4, 0.5) is 0 Å². The normalized spacial score (nSPS) is 9.73. The van der Waals surface area contributed by atoms with Crippen LogP contribution in [-0.4, -0.2) is 5.78 Å². The molecule has 0 aliphatic heterocycles. The maximum Gasteiger partial charge on any atom is 0.160 e. The third-order valence-corrected chi connectivity index (χ3v) is 3.00. The Labute approximate surface area is 79.9 Å². The van der Waals surface area contributed by atoms with Gasteiger partial charge in [0.25, 0.3) is 0 Å². The van der Waals surface area contributed by atoms with Gasteiger partial charge in [-0.25, -0.2) is 0 Å². The molecule has 0 heterocycles. The lowest BCUT2D eigenvalue weighted by Crippen LogP contribution is -1.96. The van der Waals surface area contributed by atoms with Gasteiger partial charge in [-0.05, 0) is 42.0 Å². The van der Waals surface area contributed by atoms with E-state index in [4.69, 9.17) is 0 Å². The number of Topliss-reactive ketones (excluding diaryl/α,β-unsaturated/α-hetero) is 1. The number of hydrogen-bond donors (Lipinski definition) is 0. The van der Waals surface area contributed by atoms with Crippen molar-refractivity contribution in [1.29, 1.82) is 0 Å². The number of benzene rings is 1. The molecule has 1 aromatic carbocycles. The molecule has 1 nitrogen and oxygen atoms in total. The predicted molar refractivity (Wildman–Crippen MR) is 53.9 cm³/mol. The predicted octanol–water partition coefficient (Wildman–Crippen LogP) is 2.80. The Balaban J connectivity index is 3.27. The molecule has 0 bridgehead atoms. The van der Waals surface area contributed by atoms with Gasteiger partial charge in [0, 0.05) is 9.13 Å². The van der Waals surface area contributed by atoms with Gasteiger partial charge in [0.1, 0.15) is 0 Å². The van der Waals surface area contributed by atoms with Gasteiger partial charge in [0.15, 0.2) is 5.78 Å². The summed E-state index contributed by atoms with van der Waals surface area (Å²) in [7, 11) is 0. The van der Waals surface area contributed by atoms with Gasteiger partial charge in [-0.1, -0.05) is 18.2 Å². The van der Waals surface area contributed by atoms with E-state index in [1.54, 1.807) is 6.92 Å². The third kappa shape index (κ3) is 1.80. The van der Waals surface area contributed by atoms with Gasteiger partial charge >= 0.3 is 0 Å². The van der Waals surface area contributed by atoms with Crippen LogP contribution in [0.5, 0.6) is 0 Å². The lowest BCUT2D eigenvalue weighted by atomic mass is 10.1. The Kier molecular flexibility index (Phi) is 2.65. The van der Waals surface area contributed by atoms with E-state index in [-0.39, 0.29) is 5.78 Å². The minimum absolute atomic E-state index is 0.137. The molecule has 0 unspecified atom stereocenters. The summed E-state index contributed by atoms with van der Waals surface area (Å²) in [6, 6.07) is 5.78. The van der Waals surface area contributed by atoms with Gasteiger partial charge in [-0.15, -0.1) is 0 Å². The molecule has 0 amide bonds. The van der Waals surface area contributed by atoms with Crippen LogP contribution < -0.4 is 0 Å². The molecule has 0 saturated carbocycles. The zero-order valence-electron chi connectivity index (χ0n) is 6.52. The maximum absolute atomic E-state index is 11.0. The monoisotopic (exact) mass is 260 g/mol. The molecule has 0 radical (unpaired) electrons. The van der Waals surface area contributed by atoms with Crippen LogP contribution in [0.3, 0.4) is 0 Å². The Morgan fingerprint density at radius 2 is 2.09 bits per heavy atom. The van der Waals surface area contributed by atoms with Crippen molar-refractivity contribution in [3.8, 4) is 0 Å². The molecule has 0 spiro atoms. The van der Waals surface area contributed by atoms with Crippen LogP contribution in [0.15, 0.2) is 18.2 Å². The standard InChI is InChI=1S/C9H9IO/c1-6-4-3-5-8(7(2)11)9(6)10/h3-5H,1-2H3. The number of carbonyl (C=O) groups excluding carboxylic acids is 1. The number of hydrogen-bond acceptors (Lipinski definition) is 1. The molecule has 1 rings (SSSR count). The molecule has 0 saturated heterocycles. The van der Waals surface area contributed by atoms with Crippen molar-refractivity contribution < 1.29 is 4.79 Å². The van der Waals surface area contributed by atoms with Crippen molar-refractivity contribution in [3.63, 3.8) is 0 Å². The second-order valence-electron chi connectivity index (χ2n) is 2.49.